The first kappa shape index (κ1) is 17.9. The molecule has 0 radical (unpaired) electrons. The van der Waals surface area contributed by atoms with E-state index in [0.29, 0.717) is 6.61 Å². The average molecular weight is 298 g/mol. The van der Waals surface area contributed by atoms with E-state index in [1.165, 1.54) is 12.2 Å². The summed E-state index contributed by atoms with van der Waals surface area (Å²) in [7, 11) is 0. The highest BCUT2D eigenvalue weighted by molar-refractivity contribution is 5.82. The first-order valence-corrected chi connectivity index (χ1v) is 7.48. The maximum atomic E-state index is 11.5. The van der Waals surface area contributed by atoms with Crippen molar-refractivity contribution in [2.45, 2.75) is 51.4 Å². The monoisotopic (exact) mass is 298 g/mol. The maximum Gasteiger partial charge on any atom is 0.330 e. The Bertz CT molecular complexity index is 390. The molecule has 1 rings (SSSR count). The topological polar surface area (TPSA) is 65.0 Å². The van der Waals surface area contributed by atoms with E-state index in [9.17, 15) is 9.90 Å². The number of aliphatic hydroxyl groups is 1. The first-order valence-electron chi connectivity index (χ1n) is 7.48. The highest BCUT2D eigenvalue weighted by Crippen LogP contribution is 2.33. The minimum atomic E-state index is -1.11. The molecule has 1 aliphatic rings. The van der Waals surface area contributed by atoms with Crippen LogP contribution in [0.1, 0.15) is 40.0 Å². The molecule has 0 spiro atoms. The minimum Gasteiger partial charge on any atom is -0.463 e. The molecule has 1 N–H and O–H groups in total. The van der Waals surface area contributed by atoms with E-state index in [0.717, 1.165) is 19.3 Å². The van der Waals surface area contributed by atoms with Gasteiger partial charge in [-0.25, -0.2) is 4.79 Å². The average Bonchev–Trinajstić information content (AvgIpc) is 2.81. The van der Waals surface area contributed by atoms with Crippen molar-refractivity contribution in [3.63, 3.8) is 0 Å². The summed E-state index contributed by atoms with van der Waals surface area (Å²) >= 11 is 0. The van der Waals surface area contributed by atoms with Crippen molar-refractivity contribution >= 4 is 5.97 Å². The van der Waals surface area contributed by atoms with Crippen molar-refractivity contribution in [2.24, 2.45) is 0 Å². The van der Waals surface area contributed by atoms with Gasteiger partial charge >= 0.3 is 5.97 Å². The van der Waals surface area contributed by atoms with E-state index in [2.05, 4.69) is 6.92 Å². The second-order valence-electron chi connectivity index (χ2n) is 5.35. The van der Waals surface area contributed by atoms with Gasteiger partial charge in [0.15, 0.2) is 0 Å². The fourth-order valence-electron chi connectivity index (χ4n) is 1.95. The van der Waals surface area contributed by atoms with E-state index in [-0.39, 0.29) is 13.2 Å². The first-order chi connectivity index (χ1) is 9.99. The summed E-state index contributed by atoms with van der Waals surface area (Å²) in [5, 5.41) is 9.38. The zero-order valence-corrected chi connectivity index (χ0v) is 13.1. The Kier molecular flexibility index (Phi) is 7.08. The van der Waals surface area contributed by atoms with Crippen LogP contribution < -0.4 is 0 Å². The number of rotatable bonds is 8. The van der Waals surface area contributed by atoms with Crippen LogP contribution in [-0.2, 0) is 19.0 Å². The lowest BCUT2D eigenvalue weighted by Crippen LogP contribution is -2.35. The Morgan fingerprint density at radius 3 is 2.71 bits per heavy atom. The lowest BCUT2D eigenvalue weighted by Gasteiger charge is -2.24. The van der Waals surface area contributed by atoms with Crippen molar-refractivity contribution < 1.29 is 24.1 Å². The van der Waals surface area contributed by atoms with Crippen molar-refractivity contribution in [1.82, 2.24) is 0 Å². The fourth-order valence-corrected chi connectivity index (χ4v) is 1.95. The molecule has 21 heavy (non-hydrogen) atoms. The Hall–Kier alpha value is -1.17. The summed E-state index contributed by atoms with van der Waals surface area (Å²) in [6, 6.07) is 0. The molecule has 5 nitrogen and oxygen atoms in total. The van der Waals surface area contributed by atoms with Crippen LogP contribution in [-0.4, -0.2) is 42.3 Å². The number of esters is 1. The molecule has 120 valence electrons. The molecular weight excluding hydrogens is 272 g/mol. The van der Waals surface area contributed by atoms with Crippen LogP contribution in [0.5, 0.6) is 0 Å². The van der Waals surface area contributed by atoms with Crippen LogP contribution >= 0.6 is 0 Å². The molecule has 0 aromatic rings. The van der Waals surface area contributed by atoms with Crippen LogP contribution in [0.4, 0.5) is 0 Å². The molecule has 0 aromatic carbocycles. The van der Waals surface area contributed by atoms with E-state index in [1.807, 2.05) is 6.08 Å². The van der Waals surface area contributed by atoms with Gasteiger partial charge in [0.2, 0.25) is 5.79 Å². The smallest absolute Gasteiger partial charge is 0.330 e. The lowest BCUT2D eigenvalue weighted by atomic mass is 10.1. The third-order valence-corrected chi connectivity index (χ3v) is 3.16. The number of ether oxygens (including phenoxy) is 3. The molecule has 5 heteroatoms. The largest absolute Gasteiger partial charge is 0.463 e. The zero-order chi connectivity index (χ0) is 15.8. The molecule has 0 saturated carbocycles. The molecule has 1 saturated heterocycles. The summed E-state index contributed by atoms with van der Waals surface area (Å²) in [5.41, 5.74) is -0.770. The van der Waals surface area contributed by atoms with E-state index < -0.39 is 17.4 Å². The summed E-state index contributed by atoms with van der Waals surface area (Å²) in [6.45, 7) is 6.07. The van der Waals surface area contributed by atoms with Crippen LogP contribution in [0, 0.1) is 0 Å². The fraction of sp³-hybridized carbons (Fsp3) is 0.688. The number of allylic oxidation sites excluding steroid dienone is 1. The maximum absolute atomic E-state index is 11.5. The summed E-state index contributed by atoms with van der Waals surface area (Å²) in [6.07, 6.45) is 9.69. The predicted octanol–water partition coefficient (Wildman–Crippen LogP) is 2.35. The number of aliphatic hydroxyl groups excluding tert-OH is 1. The minimum absolute atomic E-state index is 0.148. The van der Waals surface area contributed by atoms with Crippen molar-refractivity contribution in [2.75, 3.05) is 19.8 Å². The lowest BCUT2D eigenvalue weighted by molar-refractivity contribution is -0.138. The molecule has 0 bridgehead atoms. The third kappa shape index (κ3) is 5.61. The highest BCUT2D eigenvalue weighted by Gasteiger charge is 2.44. The summed E-state index contributed by atoms with van der Waals surface area (Å²) in [4.78, 5) is 11.5. The molecule has 1 fully saturated rings. The van der Waals surface area contributed by atoms with E-state index in [1.54, 1.807) is 19.9 Å². The molecule has 0 aliphatic carbocycles. The summed E-state index contributed by atoms with van der Waals surface area (Å²) < 4.78 is 16.4. The number of carbonyl (C=O) groups excluding carboxylic acids is 1. The predicted molar refractivity (Wildman–Crippen MR) is 79.7 cm³/mol. The Morgan fingerprint density at radius 1 is 1.38 bits per heavy atom. The molecule has 1 heterocycles. The van der Waals surface area contributed by atoms with E-state index in [4.69, 9.17) is 14.2 Å². The third-order valence-electron chi connectivity index (χ3n) is 3.16. The van der Waals surface area contributed by atoms with Crippen molar-refractivity contribution in [3.05, 3.63) is 24.3 Å². The van der Waals surface area contributed by atoms with Crippen LogP contribution in [0.25, 0.3) is 0 Å². The van der Waals surface area contributed by atoms with Gasteiger partial charge in [-0.1, -0.05) is 25.8 Å². The number of hydrogen-bond acceptors (Lipinski definition) is 5. The van der Waals surface area contributed by atoms with Gasteiger partial charge in [-0.2, -0.15) is 0 Å². The molecule has 1 aliphatic heterocycles. The highest BCUT2D eigenvalue weighted by atomic mass is 16.8. The van der Waals surface area contributed by atoms with Crippen molar-refractivity contribution in [3.8, 4) is 0 Å². The molecule has 2 atom stereocenters. The Morgan fingerprint density at radius 2 is 2.14 bits per heavy atom. The number of carbonyl (C=O) groups is 1. The van der Waals surface area contributed by atoms with Gasteiger partial charge in [-0.05, 0) is 32.4 Å². The quantitative estimate of drug-likeness (QED) is 0.322. The molecule has 0 unspecified atom stereocenters. The zero-order valence-electron chi connectivity index (χ0n) is 13.1. The van der Waals surface area contributed by atoms with Gasteiger partial charge in [0.25, 0.3) is 0 Å². The van der Waals surface area contributed by atoms with Gasteiger partial charge < -0.3 is 19.3 Å². The Labute approximate surface area is 126 Å². The van der Waals surface area contributed by atoms with Crippen LogP contribution in [0.3, 0.4) is 0 Å². The van der Waals surface area contributed by atoms with Gasteiger partial charge in [0.1, 0.15) is 5.60 Å². The number of unbranched alkanes of at least 4 members (excludes halogenated alkanes) is 2. The van der Waals surface area contributed by atoms with E-state index >= 15 is 0 Å². The SMILES string of the molecule is CCCC/C=C/[C@]1(/C=C/C(=O)OCC)OC[C@](C)(CO)O1. The second kappa shape index (κ2) is 8.32. The number of hydrogen-bond donors (Lipinski definition) is 1. The molecule has 0 aromatic heterocycles. The van der Waals surface area contributed by atoms with Crippen LogP contribution in [0.2, 0.25) is 0 Å². The molecular formula is C16H26O5. The van der Waals surface area contributed by atoms with Gasteiger partial charge in [-0.3, -0.25) is 0 Å². The summed E-state index contributed by atoms with van der Waals surface area (Å²) in [5.74, 6) is -1.55. The van der Waals surface area contributed by atoms with Gasteiger partial charge in [0.05, 0.1) is 19.8 Å². The standard InChI is InChI=1S/C16H26O5/c1-4-6-7-8-10-16(11-9-14(18)19-5-2)20-13-15(3,12-17)21-16/h8-11,17H,4-7,12-13H2,1-3H3/b10-8+,11-9+/t15-,16-/m0/s1. The Balaban J connectivity index is 2.81. The normalized spacial score (nSPS) is 29.5. The van der Waals surface area contributed by atoms with Crippen molar-refractivity contribution in [1.29, 1.82) is 0 Å². The second-order valence-corrected chi connectivity index (χ2v) is 5.35. The van der Waals surface area contributed by atoms with Gasteiger partial charge in [-0.15, -0.1) is 0 Å². The molecule has 0 amide bonds. The van der Waals surface area contributed by atoms with Gasteiger partial charge in [0, 0.05) is 6.08 Å². The van der Waals surface area contributed by atoms with Crippen LogP contribution in [0.15, 0.2) is 24.3 Å².